The fraction of sp³-hybridized carbons (Fsp3) is 0.944. The van der Waals surface area contributed by atoms with Crippen LogP contribution in [0, 0.1) is 11.8 Å². The Morgan fingerprint density at radius 3 is 2.64 bits per heavy atom. The van der Waals surface area contributed by atoms with Crippen molar-refractivity contribution in [2.45, 2.75) is 71.9 Å². The zero-order chi connectivity index (χ0) is 16.5. The van der Waals surface area contributed by atoms with Crippen LogP contribution >= 0.6 is 0 Å². The first-order chi connectivity index (χ1) is 10.5. The average molecular weight is 312 g/mol. The summed E-state index contributed by atoms with van der Waals surface area (Å²) in [5.41, 5.74) is 0. The number of carbonyl (C=O) groups is 1. The van der Waals surface area contributed by atoms with Gasteiger partial charge in [-0.05, 0) is 39.3 Å². The summed E-state index contributed by atoms with van der Waals surface area (Å²) < 4.78 is 5.29. The predicted molar refractivity (Wildman–Crippen MR) is 91.9 cm³/mol. The normalized spacial score (nSPS) is 24.5. The molecule has 1 saturated heterocycles. The molecule has 1 rings (SSSR count). The lowest BCUT2D eigenvalue weighted by molar-refractivity contribution is -0.151. The number of hydrogen-bond acceptors (Lipinski definition) is 4. The molecule has 0 saturated carbocycles. The second-order valence-electron chi connectivity index (χ2n) is 7.03. The fourth-order valence-corrected chi connectivity index (χ4v) is 3.30. The Labute approximate surface area is 137 Å². The lowest BCUT2D eigenvalue weighted by Gasteiger charge is -2.38. The Hall–Kier alpha value is -0.610. The van der Waals surface area contributed by atoms with Crippen LogP contribution in [0.1, 0.15) is 59.8 Å². The van der Waals surface area contributed by atoms with E-state index in [0.717, 1.165) is 19.5 Å². The lowest BCUT2D eigenvalue weighted by Crippen LogP contribution is -2.55. The zero-order valence-electron chi connectivity index (χ0n) is 15.2. The molecule has 1 aliphatic heterocycles. The van der Waals surface area contributed by atoms with E-state index in [1.807, 2.05) is 6.92 Å². The molecule has 1 N–H and O–H groups in total. The number of unbranched alkanes of at least 4 members (excludes halogenated alkanes) is 2. The van der Waals surface area contributed by atoms with E-state index >= 15 is 0 Å². The smallest absolute Gasteiger partial charge is 0.311 e. The number of hydrogen-bond donors (Lipinski definition) is 1. The first kappa shape index (κ1) is 19.4. The highest BCUT2D eigenvalue weighted by Crippen LogP contribution is 2.21. The quantitative estimate of drug-likeness (QED) is 0.525. The van der Waals surface area contributed by atoms with Crippen LogP contribution in [-0.2, 0) is 9.53 Å². The molecule has 0 aliphatic carbocycles. The molecule has 130 valence electrons. The van der Waals surface area contributed by atoms with Crippen molar-refractivity contribution >= 4 is 5.97 Å². The molecule has 0 amide bonds. The molecule has 1 heterocycles. The van der Waals surface area contributed by atoms with Crippen LogP contribution in [0.2, 0.25) is 0 Å². The molecule has 0 aromatic heterocycles. The minimum absolute atomic E-state index is 0.0360. The molecule has 3 atom stereocenters. The Bertz CT molecular complexity index is 320. The van der Waals surface area contributed by atoms with Crippen LogP contribution in [-0.4, -0.2) is 49.7 Å². The third-order valence-electron chi connectivity index (χ3n) is 4.76. The highest BCUT2D eigenvalue weighted by atomic mass is 16.5. The molecule has 22 heavy (non-hydrogen) atoms. The Morgan fingerprint density at radius 1 is 1.32 bits per heavy atom. The number of piperidine rings is 1. The SMILES string of the molecule is CCCCCC(NC1CCN(C)CC1C(=O)OCC)C(C)C. The van der Waals surface area contributed by atoms with Crippen LogP contribution < -0.4 is 5.32 Å². The lowest BCUT2D eigenvalue weighted by atomic mass is 9.89. The highest BCUT2D eigenvalue weighted by molar-refractivity contribution is 5.73. The maximum atomic E-state index is 12.3. The monoisotopic (exact) mass is 312 g/mol. The van der Waals surface area contributed by atoms with Crippen LogP contribution in [0.4, 0.5) is 0 Å². The topological polar surface area (TPSA) is 41.6 Å². The van der Waals surface area contributed by atoms with E-state index in [-0.39, 0.29) is 17.9 Å². The number of esters is 1. The first-order valence-electron chi connectivity index (χ1n) is 9.10. The number of carbonyl (C=O) groups excluding carboxylic acids is 1. The van der Waals surface area contributed by atoms with Crippen molar-refractivity contribution in [3.8, 4) is 0 Å². The minimum Gasteiger partial charge on any atom is -0.466 e. The van der Waals surface area contributed by atoms with E-state index in [9.17, 15) is 4.79 Å². The second kappa shape index (κ2) is 10.2. The summed E-state index contributed by atoms with van der Waals surface area (Å²) in [6, 6.07) is 0.751. The van der Waals surface area contributed by atoms with Gasteiger partial charge in [0, 0.05) is 18.6 Å². The summed E-state index contributed by atoms with van der Waals surface area (Å²) in [4.78, 5) is 14.5. The van der Waals surface area contributed by atoms with Crippen molar-refractivity contribution in [1.29, 1.82) is 0 Å². The molecule has 4 nitrogen and oxygen atoms in total. The van der Waals surface area contributed by atoms with Crippen molar-refractivity contribution in [2.75, 3.05) is 26.7 Å². The Balaban J connectivity index is 2.65. The summed E-state index contributed by atoms with van der Waals surface area (Å²) in [7, 11) is 2.09. The van der Waals surface area contributed by atoms with E-state index < -0.39 is 0 Å². The van der Waals surface area contributed by atoms with Gasteiger partial charge < -0.3 is 15.0 Å². The van der Waals surface area contributed by atoms with Gasteiger partial charge in [-0.1, -0.05) is 40.0 Å². The van der Waals surface area contributed by atoms with Crippen molar-refractivity contribution in [2.24, 2.45) is 11.8 Å². The minimum atomic E-state index is -0.0392. The third-order valence-corrected chi connectivity index (χ3v) is 4.76. The number of rotatable bonds is 9. The van der Waals surface area contributed by atoms with Crippen LogP contribution in [0.5, 0.6) is 0 Å². The van der Waals surface area contributed by atoms with E-state index in [0.29, 0.717) is 18.6 Å². The Kier molecular flexibility index (Phi) is 9.03. The largest absolute Gasteiger partial charge is 0.466 e. The summed E-state index contributed by atoms with van der Waals surface area (Å²) in [5.74, 6) is 0.521. The molecule has 1 fully saturated rings. The average Bonchev–Trinajstić information content (AvgIpc) is 2.47. The van der Waals surface area contributed by atoms with Gasteiger partial charge in [0.25, 0.3) is 0 Å². The molecule has 0 bridgehead atoms. The number of ether oxygens (including phenoxy) is 1. The molecule has 1 aliphatic rings. The van der Waals surface area contributed by atoms with Crippen molar-refractivity contribution in [3.63, 3.8) is 0 Å². The van der Waals surface area contributed by atoms with Gasteiger partial charge in [0.15, 0.2) is 0 Å². The summed E-state index contributed by atoms with van der Waals surface area (Å²) in [6.45, 7) is 11.0. The molecule has 0 spiro atoms. The molecule has 4 heteroatoms. The number of likely N-dealkylation sites (tertiary alicyclic amines) is 1. The van der Waals surface area contributed by atoms with Gasteiger partial charge in [0.1, 0.15) is 0 Å². The molecule has 0 aromatic carbocycles. The van der Waals surface area contributed by atoms with E-state index in [1.54, 1.807) is 0 Å². The van der Waals surface area contributed by atoms with Crippen molar-refractivity contribution < 1.29 is 9.53 Å². The maximum absolute atomic E-state index is 12.3. The van der Waals surface area contributed by atoms with Crippen molar-refractivity contribution in [3.05, 3.63) is 0 Å². The van der Waals surface area contributed by atoms with Crippen LogP contribution in [0.3, 0.4) is 0 Å². The maximum Gasteiger partial charge on any atom is 0.311 e. The van der Waals surface area contributed by atoms with Gasteiger partial charge in [-0.15, -0.1) is 0 Å². The van der Waals surface area contributed by atoms with Gasteiger partial charge in [0.2, 0.25) is 0 Å². The molecule has 3 unspecified atom stereocenters. The van der Waals surface area contributed by atoms with Crippen molar-refractivity contribution in [1.82, 2.24) is 10.2 Å². The van der Waals surface area contributed by atoms with E-state index in [2.05, 4.69) is 38.0 Å². The molecular formula is C18H36N2O2. The summed E-state index contributed by atoms with van der Waals surface area (Å²) >= 11 is 0. The standard InChI is InChI=1S/C18H36N2O2/c1-6-8-9-10-16(14(3)4)19-17-11-12-20(5)13-15(17)18(21)22-7-2/h14-17,19H,6-13H2,1-5H3. The summed E-state index contributed by atoms with van der Waals surface area (Å²) in [5, 5.41) is 3.80. The number of nitrogens with one attached hydrogen (secondary N) is 1. The molecular weight excluding hydrogens is 276 g/mol. The fourth-order valence-electron chi connectivity index (χ4n) is 3.30. The van der Waals surface area contributed by atoms with Crippen LogP contribution in [0.25, 0.3) is 0 Å². The Morgan fingerprint density at radius 2 is 2.05 bits per heavy atom. The van der Waals surface area contributed by atoms with Gasteiger partial charge in [-0.2, -0.15) is 0 Å². The van der Waals surface area contributed by atoms with E-state index in [4.69, 9.17) is 4.74 Å². The summed E-state index contributed by atoms with van der Waals surface area (Å²) in [6.07, 6.45) is 6.04. The van der Waals surface area contributed by atoms with Gasteiger partial charge in [-0.3, -0.25) is 4.79 Å². The predicted octanol–water partition coefficient (Wildman–Crippen LogP) is 3.06. The number of nitrogens with zero attached hydrogens (tertiary/aromatic N) is 1. The third kappa shape index (κ3) is 6.25. The van der Waals surface area contributed by atoms with Gasteiger partial charge in [0.05, 0.1) is 12.5 Å². The first-order valence-corrected chi connectivity index (χ1v) is 9.10. The van der Waals surface area contributed by atoms with Gasteiger partial charge >= 0.3 is 5.97 Å². The highest BCUT2D eigenvalue weighted by Gasteiger charge is 2.35. The van der Waals surface area contributed by atoms with Crippen LogP contribution in [0.15, 0.2) is 0 Å². The second-order valence-corrected chi connectivity index (χ2v) is 7.03. The zero-order valence-corrected chi connectivity index (χ0v) is 15.2. The molecule has 0 radical (unpaired) electrons. The molecule has 0 aromatic rings. The van der Waals surface area contributed by atoms with E-state index in [1.165, 1.54) is 25.7 Å². The van der Waals surface area contributed by atoms with Gasteiger partial charge in [-0.25, -0.2) is 0 Å².